The molecule has 5 heteroatoms. The molecule has 0 fully saturated rings. The third kappa shape index (κ3) is 3.46. The molecular weight excluding hydrogens is 300 g/mol. The van der Waals surface area contributed by atoms with Crippen molar-refractivity contribution in [1.29, 1.82) is 0 Å². The Bertz CT molecular complexity index is 738. The number of ether oxygens (including phenoxy) is 1. The summed E-state index contributed by atoms with van der Waals surface area (Å²) in [7, 11) is 0. The van der Waals surface area contributed by atoms with E-state index in [1.54, 1.807) is 0 Å². The van der Waals surface area contributed by atoms with Crippen molar-refractivity contribution < 1.29 is 4.74 Å². The molecule has 0 aliphatic heterocycles. The van der Waals surface area contributed by atoms with Crippen molar-refractivity contribution in [2.45, 2.75) is 13.0 Å². The lowest BCUT2D eigenvalue weighted by atomic mass is 9.99. The smallest absolute Gasteiger partial charge is 0.242 e. The molecule has 2 aromatic carbocycles. The molecule has 3 rings (SSSR count). The fraction of sp³-hybridized carbons (Fsp3) is 0.158. The number of nitrogens with two attached hydrogens (primary N) is 1. The van der Waals surface area contributed by atoms with Crippen LogP contribution in [0.1, 0.15) is 24.1 Å². The quantitative estimate of drug-likeness (QED) is 0.725. The zero-order chi connectivity index (χ0) is 16.8. The Morgan fingerprint density at radius 3 is 2.08 bits per heavy atom. The number of nitrogens with one attached hydrogen (secondary N) is 1. The predicted octanol–water partition coefficient (Wildman–Crippen LogP) is 3.66. The summed E-state index contributed by atoms with van der Waals surface area (Å²) in [6.07, 6.45) is 1.46. The summed E-state index contributed by atoms with van der Waals surface area (Å²) in [6.45, 7) is 2.40. The predicted molar refractivity (Wildman–Crippen MR) is 96.0 cm³/mol. The van der Waals surface area contributed by atoms with E-state index in [1.807, 2.05) is 43.3 Å². The van der Waals surface area contributed by atoms with Crippen molar-refractivity contribution in [3.8, 4) is 5.88 Å². The van der Waals surface area contributed by atoms with E-state index >= 15 is 0 Å². The lowest BCUT2D eigenvalue weighted by Crippen LogP contribution is -2.15. The van der Waals surface area contributed by atoms with Gasteiger partial charge >= 0.3 is 0 Å². The van der Waals surface area contributed by atoms with Crippen LogP contribution in [0.5, 0.6) is 5.88 Å². The molecule has 0 bridgehead atoms. The Balaban J connectivity index is 1.98. The van der Waals surface area contributed by atoms with Gasteiger partial charge in [0.15, 0.2) is 5.82 Å². The second kappa shape index (κ2) is 7.46. The van der Waals surface area contributed by atoms with E-state index in [0.717, 1.165) is 11.1 Å². The minimum atomic E-state index is -0.0703. The average molecular weight is 320 g/mol. The largest absolute Gasteiger partial charge is 0.476 e. The number of hydrogen-bond donors (Lipinski definition) is 2. The maximum Gasteiger partial charge on any atom is 0.242 e. The minimum Gasteiger partial charge on any atom is -0.476 e. The number of rotatable bonds is 6. The van der Waals surface area contributed by atoms with Crippen LogP contribution in [0.25, 0.3) is 0 Å². The topological polar surface area (TPSA) is 73.1 Å². The highest BCUT2D eigenvalue weighted by Crippen LogP contribution is 2.31. The Hall–Kier alpha value is -3.08. The van der Waals surface area contributed by atoms with Crippen LogP contribution in [0.3, 0.4) is 0 Å². The molecule has 1 heterocycles. The first kappa shape index (κ1) is 15.8. The third-order valence-electron chi connectivity index (χ3n) is 3.68. The van der Waals surface area contributed by atoms with Gasteiger partial charge in [0, 0.05) is 0 Å². The Labute approximate surface area is 141 Å². The van der Waals surface area contributed by atoms with Gasteiger partial charge in [-0.25, -0.2) is 4.98 Å². The maximum atomic E-state index is 6.16. The lowest BCUT2D eigenvalue weighted by Gasteiger charge is -2.21. The first-order valence-corrected chi connectivity index (χ1v) is 7.89. The summed E-state index contributed by atoms with van der Waals surface area (Å²) >= 11 is 0. The van der Waals surface area contributed by atoms with Gasteiger partial charge < -0.3 is 15.8 Å². The Morgan fingerprint density at radius 2 is 1.54 bits per heavy atom. The van der Waals surface area contributed by atoms with E-state index in [9.17, 15) is 0 Å². The van der Waals surface area contributed by atoms with E-state index < -0.39 is 0 Å². The molecule has 0 saturated carbocycles. The van der Waals surface area contributed by atoms with Gasteiger partial charge in [-0.2, -0.15) is 4.98 Å². The van der Waals surface area contributed by atoms with E-state index in [-0.39, 0.29) is 6.04 Å². The number of hydrogen-bond acceptors (Lipinski definition) is 5. The maximum absolute atomic E-state index is 6.16. The zero-order valence-corrected chi connectivity index (χ0v) is 13.5. The highest BCUT2D eigenvalue weighted by Gasteiger charge is 2.17. The molecule has 122 valence electrons. The number of benzene rings is 2. The highest BCUT2D eigenvalue weighted by molar-refractivity contribution is 5.67. The van der Waals surface area contributed by atoms with E-state index in [0.29, 0.717) is 24.0 Å². The van der Waals surface area contributed by atoms with Crippen molar-refractivity contribution in [2.24, 2.45) is 0 Å². The summed E-state index contributed by atoms with van der Waals surface area (Å²) in [5.41, 5.74) is 8.82. The lowest BCUT2D eigenvalue weighted by molar-refractivity contribution is 0.328. The molecule has 24 heavy (non-hydrogen) atoms. The molecule has 0 atom stereocenters. The van der Waals surface area contributed by atoms with Crippen LogP contribution >= 0.6 is 0 Å². The van der Waals surface area contributed by atoms with Gasteiger partial charge in [0.25, 0.3) is 0 Å². The molecule has 5 nitrogen and oxygen atoms in total. The van der Waals surface area contributed by atoms with E-state index in [2.05, 4.69) is 39.6 Å². The van der Waals surface area contributed by atoms with Gasteiger partial charge in [-0.15, -0.1) is 0 Å². The Kier molecular flexibility index (Phi) is 4.91. The van der Waals surface area contributed by atoms with Gasteiger partial charge in [-0.3, -0.25) is 0 Å². The van der Waals surface area contributed by atoms with Crippen molar-refractivity contribution in [1.82, 2.24) is 9.97 Å². The van der Waals surface area contributed by atoms with Gasteiger partial charge in [0.05, 0.1) is 12.6 Å². The van der Waals surface area contributed by atoms with Gasteiger partial charge in [0.2, 0.25) is 5.88 Å². The summed E-state index contributed by atoms with van der Waals surface area (Å²) in [6, 6.07) is 20.3. The van der Waals surface area contributed by atoms with Gasteiger partial charge in [-0.1, -0.05) is 60.7 Å². The average Bonchev–Trinajstić information content (AvgIpc) is 2.64. The van der Waals surface area contributed by atoms with Crippen molar-refractivity contribution >= 4 is 11.5 Å². The van der Waals surface area contributed by atoms with Crippen molar-refractivity contribution in [3.05, 3.63) is 78.1 Å². The molecule has 0 unspecified atom stereocenters. The van der Waals surface area contributed by atoms with Crippen LogP contribution in [0.2, 0.25) is 0 Å². The molecule has 0 amide bonds. The summed E-state index contributed by atoms with van der Waals surface area (Å²) in [5.74, 6) is 0.959. The summed E-state index contributed by atoms with van der Waals surface area (Å²) in [5, 5.41) is 3.42. The van der Waals surface area contributed by atoms with Crippen LogP contribution in [0.15, 0.2) is 67.0 Å². The SMILES string of the molecule is CCOc1ncnc(NC(c2ccccc2)c2ccccc2)c1N. The van der Waals surface area contributed by atoms with E-state index in [4.69, 9.17) is 10.5 Å². The third-order valence-corrected chi connectivity index (χ3v) is 3.68. The van der Waals surface area contributed by atoms with Crippen LogP contribution in [0, 0.1) is 0 Å². The number of nitrogens with zero attached hydrogens (tertiary/aromatic N) is 2. The standard InChI is InChI=1S/C19H20N4O/c1-2-24-19-16(20)18(21-13-22-19)23-17(14-9-5-3-6-10-14)15-11-7-4-8-12-15/h3-13,17H,2,20H2,1H3,(H,21,22,23). The molecular formula is C19H20N4O. The van der Waals surface area contributed by atoms with E-state index in [1.165, 1.54) is 6.33 Å². The van der Waals surface area contributed by atoms with Crippen LogP contribution in [-0.2, 0) is 0 Å². The molecule has 0 radical (unpaired) electrons. The van der Waals surface area contributed by atoms with Gasteiger partial charge in [-0.05, 0) is 18.1 Å². The molecule has 0 spiro atoms. The molecule has 3 aromatic rings. The first-order chi connectivity index (χ1) is 11.8. The highest BCUT2D eigenvalue weighted by atomic mass is 16.5. The minimum absolute atomic E-state index is 0.0703. The summed E-state index contributed by atoms with van der Waals surface area (Å²) in [4.78, 5) is 8.37. The number of aromatic nitrogens is 2. The van der Waals surface area contributed by atoms with Crippen LogP contribution in [0.4, 0.5) is 11.5 Å². The first-order valence-electron chi connectivity index (χ1n) is 7.89. The fourth-order valence-corrected chi connectivity index (χ4v) is 2.53. The normalized spacial score (nSPS) is 10.6. The van der Waals surface area contributed by atoms with Crippen LogP contribution < -0.4 is 15.8 Å². The fourth-order valence-electron chi connectivity index (χ4n) is 2.53. The molecule has 0 saturated heterocycles. The van der Waals surface area contributed by atoms with Crippen molar-refractivity contribution in [2.75, 3.05) is 17.7 Å². The van der Waals surface area contributed by atoms with Gasteiger partial charge in [0.1, 0.15) is 12.0 Å². The molecule has 3 N–H and O–H groups in total. The summed E-state index contributed by atoms with van der Waals surface area (Å²) < 4.78 is 5.45. The molecule has 1 aromatic heterocycles. The molecule has 0 aliphatic carbocycles. The molecule has 0 aliphatic rings. The van der Waals surface area contributed by atoms with Crippen LogP contribution in [-0.4, -0.2) is 16.6 Å². The second-order valence-corrected chi connectivity index (χ2v) is 5.27. The number of nitrogen functional groups attached to an aromatic ring is 1. The number of anilines is 2. The van der Waals surface area contributed by atoms with Crippen molar-refractivity contribution in [3.63, 3.8) is 0 Å². The second-order valence-electron chi connectivity index (χ2n) is 5.27. The zero-order valence-electron chi connectivity index (χ0n) is 13.5. The Morgan fingerprint density at radius 1 is 0.958 bits per heavy atom. The monoisotopic (exact) mass is 320 g/mol.